The molecule has 86 valence electrons. The van der Waals surface area contributed by atoms with E-state index in [1.54, 1.807) is 0 Å². The van der Waals surface area contributed by atoms with Crippen molar-refractivity contribution in [2.45, 2.75) is 6.42 Å². The van der Waals surface area contributed by atoms with Gasteiger partial charge in [-0.2, -0.15) is 0 Å². The van der Waals surface area contributed by atoms with Gasteiger partial charge in [-0.1, -0.05) is 0 Å². The summed E-state index contributed by atoms with van der Waals surface area (Å²) in [4.78, 5) is 44.1. The Kier molecular flexibility index (Phi) is 4.88. The lowest BCUT2D eigenvalue weighted by Gasteiger charge is -2.19. The maximum atomic E-state index is 10.8. The SMILES string of the molecule is NCCC[P+](O)(P(=O)(O)O)P(=O)(O)O. The molecule has 0 bridgehead atoms. The van der Waals surface area contributed by atoms with Crippen LogP contribution in [0.25, 0.3) is 0 Å². The molecule has 0 saturated carbocycles. The molecule has 0 heterocycles. The van der Waals surface area contributed by atoms with Crippen molar-refractivity contribution in [2.75, 3.05) is 12.7 Å². The maximum absolute atomic E-state index is 10.8. The summed E-state index contributed by atoms with van der Waals surface area (Å²) in [6.45, 7) is -4.61. The van der Waals surface area contributed by atoms with Crippen molar-refractivity contribution < 1.29 is 33.6 Å². The molecule has 7 N–H and O–H groups in total. The van der Waals surface area contributed by atoms with Gasteiger partial charge < -0.3 is 5.73 Å². The smallest absolute Gasteiger partial charge is 0.330 e. The largest absolute Gasteiger partial charge is 0.504 e. The van der Waals surface area contributed by atoms with Crippen LogP contribution in [0.15, 0.2) is 0 Å². The fourth-order valence-electron chi connectivity index (χ4n) is 0.716. The zero-order chi connectivity index (χ0) is 11.6. The van der Waals surface area contributed by atoms with Crippen LogP contribution >= 0.6 is 21.4 Å². The number of hydrogen-bond acceptors (Lipinski definition) is 4. The normalized spacial score (nSPS) is 14.4. The summed E-state index contributed by atoms with van der Waals surface area (Å²) in [5, 5.41) is 0. The van der Waals surface area contributed by atoms with Gasteiger partial charge in [-0.3, -0.25) is 19.6 Å². The van der Waals surface area contributed by atoms with E-state index in [0.29, 0.717) is 0 Å². The van der Waals surface area contributed by atoms with Gasteiger partial charge in [0.25, 0.3) is 0 Å². The van der Waals surface area contributed by atoms with Crippen LogP contribution in [-0.2, 0) is 9.13 Å². The van der Waals surface area contributed by atoms with Gasteiger partial charge in [0, 0.05) is 0 Å². The first-order valence-electron chi connectivity index (χ1n) is 3.49. The first kappa shape index (κ1) is 14.6. The molecular formula is C3H13NO7P3+. The van der Waals surface area contributed by atoms with Crippen LogP contribution in [0.4, 0.5) is 0 Å². The fourth-order valence-corrected chi connectivity index (χ4v) is 8.20. The average molecular weight is 268 g/mol. The van der Waals surface area contributed by atoms with Crippen molar-refractivity contribution in [1.29, 1.82) is 0 Å². The second-order valence-corrected chi connectivity index (χ2v) is 14.5. The molecule has 14 heavy (non-hydrogen) atoms. The van der Waals surface area contributed by atoms with E-state index in [9.17, 15) is 14.0 Å². The van der Waals surface area contributed by atoms with Gasteiger partial charge in [0.15, 0.2) is 0 Å². The molecular weight excluding hydrogens is 255 g/mol. The second-order valence-electron chi connectivity index (χ2n) is 2.58. The van der Waals surface area contributed by atoms with E-state index in [-0.39, 0.29) is 13.0 Å². The first-order valence-corrected chi connectivity index (χ1v) is 10.1. The summed E-state index contributed by atoms with van der Waals surface area (Å²) in [6, 6.07) is 0. The monoisotopic (exact) mass is 268 g/mol. The van der Waals surface area contributed by atoms with Crippen molar-refractivity contribution >= 4 is 21.4 Å². The highest BCUT2D eigenvalue weighted by atomic mass is 32.5. The van der Waals surface area contributed by atoms with Gasteiger partial charge in [0.2, 0.25) is 0 Å². The zero-order valence-electron chi connectivity index (χ0n) is 7.09. The van der Waals surface area contributed by atoms with Gasteiger partial charge in [0.05, 0.1) is 0 Å². The predicted molar refractivity (Wildman–Crippen MR) is 51.8 cm³/mol. The Morgan fingerprint density at radius 2 is 1.43 bits per heavy atom. The van der Waals surface area contributed by atoms with E-state index in [4.69, 9.17) is 25.3 Å². The number of hydrogen-bond donors (Lipinski definition) is 6. The third-order valence-electron chi connectivity index (χ3n) is 1.50. The van der Waals surface area contributed by atoms with E-state index in [1.165, 1.54) is 0 Å². The predicted octanol–water partition coefficient (Wildman–Crippen LogP) is -0.554. The molecule has 0 amide bonds. The molecule has 0 atom stereocenters. The fraction of sp³-hybridized carbons (Fsp3) is 1.00. The van der Waals surface area contributed by atoms with E-state index < -0.39 is 27.6 Å². The highest BCUT2D eigenvalue weighted by Crippen LogP contribution is 3.00. The summed E-state index contributed by atoms with van der Waals surface area (Å²) >= 11 is 0. The molecule has 0 aromatic rings. The third-order valence-corrected chi connectivity index (χ3v) is 14.5. The van der Waals surface area contributed by atoms with Crippen LogP contribution in [0.3, 0.4) is 0 Å². The molecule has 0 saturated heterocycles. The lowest BCUT2D eigenvalue weighted by atomic mass is 10.5. The zero-order valence-corrected chi connectivity index (χ0v) is 9.78. The minimum atomic E-state index is -5.19. The quantitative estimate of drug-likeness (QED) is 0.362. The van der Waals surface area contributed by atoms with Crippen LogP contribution in [0.2, 0.25) is 0 Å². The summed E-state index contributed by atoms with van der Waals surface area (Å²) in [5.74, 6) is 0. The summed E-state index contributed by atoms with van der Waals surface area (Å²) in [5.41, 5.74) is 5.02. The Bertz CT molecular complexity index is 258. The summed E-state index contributed by atoms with van der Waals surface area (Å²) in [7, 11) is -10.4. The van der Waals surface area contributed by atoms with Crippen LogP contribution in [0.1, 0.15) is 6.42 Å². The topological polar surface area (TPSA) is 161 Å². The molecule has 0 radical (unpaired) electrons. The van der Waals surface area contributed by atoms with E-state index in [0.717, 1.165) is 0 Å². The molecule has 0 unspecified atom stereocenters. The molecule has 0 fully saturated rings. The number of rotatable bonds is 5. The van der Waals surface area contributed by atoms with Gasteiger partial charge in [-0.25, -0.2) is 14.0 Å². The van der Waals surface area contributed by atoms with Crippen molar-refractivity contribution in [1.82, 2.24) is 0 Å². The molecule has 0 aliphatic carbocycles. The lowest BCUT2D eigenvalue weighted by Crippen LogP contribution is -2.06. The van der Waals surface area contributed by atoms with Crippen LogP contribution in [0, 0.1) is 0 Å². The second kappa shape index (κ2) is 4.66. The molecule has 8 nitrogen and oxygen atoms in total. The minimum Gasteiger partial charge on any atom is -0.330 e. The Morgan fingerprint density at radius 3 is 1.64 bits per heavy atom. The lowest BCUT2D eigenvalue weighted by molar-refractivity contribution is 0.375. The van der Waals surface area contributed by atoms with Gasteiger partial charge in [-0.15, -0.1) is 0 Å². The molecule has 0 aliphatic rings. The van der Waals surface area contributed by atoms with Crippen LogP contribution in [0.5, 0.6) is 0 Å². The first-order chi connectivity index (χ1) is 6.06. The minimum absolute atomic E-state index is 0.0116. The Balaban J connectivity index is 5.08. The maximum Gasteiger partial charge on any atom is 0.504 e. The van der Waals surface area contributed by atoms with Gasteiger partial charge in [-0.05, 0) is 13.0 Å². The average Bonchev–Trinajstić information content (AvgIpc) is 1.95. The number of nitrogens with two attached hydrogens (primary N) is 1. The molecule has 11 heteroatoms. The highest BCUT2D eigenvalue weighted by molar-refractivity contribution is 8.65. The Hall–Kier alpha value is 0.650. The van der Waals surface area contributed by atoms with Gasteiger partial charge >= 0.3 is 21.4 Å². The van der Waals surface area contributed by atoms with Crippen LogP contribution < -0.4 is 5.73 Å². The molecule has 0 spiro atoms. The summed E-state index contributed by atoms with van der Waals surface area (Å²) in [6.07, 6.45) is -0.696. The highest BCUT2D eigenvalue weighted by Gasteiger charge is 2.68. The van der Waals surface area contributed by atoms with E-state index in [1.807, 2.05) is 0 Å². The molecule has 0 aliphatic heterocycles. The molecule has 0 aromatic carbocycles. The third kappa shape index (κ3) is 3.07. The van der Waals surface area contributed by atoms with Crippen molar-refractivity contribution in [3.63, 3.8) is 0 Å². The Labute approximate surface area is 80.7 Å². The Morgan fingerprint density at radius 1 is 1.07 bits per heavy atom. The van der Waals surface area contributed by atoms with E-state index >= 15 is 0 Å². The van der Waals surface area contributed by atoms with Crippen molar-refractivity contribution in [3.05, 3.63) is 0 Å². The van der Waals surface area contributed by atoms with E-state index in [2.05, 4.69) is 0 Å². The van der Waals surface area contributed by atoms with Crippen molar-refractivity contribution in [3.8, 4) is 0 Å². The molecule has 0 rings (SSSR count). The van der Waals surface area contributed by atoms with Gasteiger partial charge in [0.1, 0.15) is 6.16 Å². The molecule has 0 aromatic heterocycles. The summed E-state index contributed by atoms with van der Waals surface area (Å²) < 4.78 is 21.5. The standard InChI is InChI=1S/C3H12NO7P3/c4-2-1-3-12(5,13(6,7)8)14(9,10)11/h5H,1-4H2,(H3-,6,7,8,9,10,11)/p+1. The van der Waals surface area contributed by atoms with Crippen molar-refractivity contribution in [2.24, 2.45) is 5.73 Å². The van der Waals surface area contributed by atoms with Crippen LogP contribution in [-0.4, -0.2) is 37.2 Å².